The van der Waals surface area contributed by atoms with E-state index in [1.807, 2.05) is 36.4 Å². The first-order valence-electron chi connectivity index (χ1n) is 9.57. The van der Waals surface area contributed by atoms with Crippen LogP contribution in [0.5, 0.6) is 0 Å². The molecule has 31 heavy (non-hydrogen) atoms. The predicted octanol–water partition coefficient (Wildman–Crippen LogP) is 4.45. The fourth-order valence-corrected chi connectivity index (χ4v) is 3.57. The number of benzene rings is 2. The average molecular weight is 502 g/mol. The van der Waals surface area contributed by atoms with Crippen LogP contribution in [0.3, 0.4) is 0 Å². The fourth-order valence-electron chi connectivity index (χ4n) is 2.64. The van der Waals surface area contributed by atoms with Crippen LogP contribution in [-0.4, -0.2) is 50.7 Å². The lowest BCUT2D eigenvalue weighted by atomic mass is 10.0. The molecule has 0 aliphatic carbocycles. The molecule has 0 radical (unpaired) electrons. The van der Waals surface area contributed by atoms with E-state index in [0.29, 0.717) is 53.0 Å². The Morgan fingerprint density at radius 2 is 1.19 bits per heavy atom. The second-order valence-corrected chi connectivity index (χ2v) is 8.18. The molecular weight excluding hydrogens is 475 g/mol. The van der Waals surface area contributed by atoms with Crippen LogP contribution < -0.4 is 21.3 Å². The van der Waals surface area contributed by atoms with E-state index >= 15 is 0 Å². The zero-order valence-electron chi connectivity index (χ0n) is 17.4. The number of methoxy groups -OCH3 is 2. The van der Waals surface area contributed by atoms with Crippen molar-refractivity contribution in [1.82, 2.24) is 10.6 Å². The molecule has 0 aliphatic rings. The molecule has 0 aromatic heterocycles. The van der Waals surface area contributed by atoms with Crippen molar-refractivity contribution in [1.29, 1.82) is 0 Å². The van der Waals surface area contributed by atoms with Crippen molar-refractivity contribution >= 4 is 69.2 Å². The highest BCUT2D eigenvalue weighted by molar-refractivity contribution is 7.80. The smallest absolute Gasteiger partial charge is 0.170 e. The summed E-state index contributed by atoms with van der Waals surface area (Å²) in [7, 11) is 3.28. The zero-order chi connectivity index (χ0) is 22.6. The van der Waals surface area contributed by atoms with Gasteiger partial charge in [-0.05, 0) is 66.2 Å². The summed E-state index contributed by atoms with van der Waals surface area (Å²) in [5.41, 5.74) is 3.60. The maximum atomic E-state index is 6.43. The number of hydrogen-bond acceptors (Lipinski definition) is 4. The Balaban J connectivity index is 1.95. The minimum atomic E-state index is 0.496. The quantitative estimate of drug-likeness (QED) is 0.281. The topological polar surface area (TPSA) is 66.6 Å². The normalized spacial score (nSPS) is 10.5. The van der Waals surface area contributed by atoms with Crippen molar-refractivity contribution in [3.05, 3.63) is 57.6 Å². The first kappa shape index (κ1) is 25.6. The van der Waals surface area contributed by atoms with Crippen LogP contribution in [0.2, 0.25) is 10.0 Å². The van der Waals surface area contributed by atoms with E-state index in [1.54, 1.807) is 14.2 Å². The molecule has 2 aromatic rings. The van der Waals surface area contributed by atoms with Gasteiger partial charge in [-0.25, -0.2) is 0 Å². The highest BCUT2D eigenvalue weighted by atomic mass is 35.5. The highest BCUT2D eigenvalue weighted by Crippen LogP contribution is 2.27. The summed E-state index contributed by atoms with van der Waals surface area (Å²) in [6, 6.07) is 11.6. The Bertz CT molecular complexity index is 828. The van der Waals surface area contributed by atoms with E-state index in [9.17, 15) is 0 Å². The van der Waals surface area contributed by atoms with Gasteiger partial charge in [-0.2, -0.15) is 0 Å². The third kappa shape index (κ3) is 9.14. The number of nitrogens with one attached hydrogen (secondary N) is 4. The van der Waals surface area contributed by atoms with Crippen LogP contribution in [0.1, 0.15) is 11.1 Å². The van der Waals surface area contributed by atoms with E-state index in [-0.39, 0.29) is 0 Å². The van der Waals surface area contributed by atoms with Crippen LogP contribution in [0.4, 0.5) is 11.4 Å². The van der Waals surface area contributed by atoms with Crippen molar-refractivity contribution in [2.75, 3.05) is 51.2 Å². The summed E-state index contributed by atoms with van der Waals surface area (Å²) >= 11 is 23.4. The van der Waals surface area contributed by atoms with Crippen molar-refractivity contribution in [3.63, 3.8) is 0 Å². The van der Waals surface area contributed by atoms with E-state index in [0.717, 1.165) is 22.5 Å². The maximum absolute atomic E-state index is 6.43. The molecule has 2 rings (SSSR count). The number of anilines is 2. The number of halogens is 2. The molecule has 6 nitrogen and oxygen atoms in total. The van der Waals surface area contributed by atoms with Gasteiger partial charge in [0.15, 0.2) is 10.2 Å². The molecule has 168 valence electrons. The third-order valence-electron chi connectivity index (χ3n) is 4.16. The molecule has 0 aliphatic heterocycles. The predicted molar refractivity (Wildman–Crippen MR) is 138 cm³/mol. The molecule has 0 saturated carbocycles. The SMILES string of the molecule is COCCNC(=S)Nc1ccc(Cc2ccc(NC(=S)NCCOC)c(Cl)c2)cc1Cl. The summed E-state index contributed by atoms with van der Waals surface area (Å²) in [4.78, 5) is 0. The third-order valence-corrected chi connectivity index (χ3v) is 5.27. The molecule has 0 amide bonds. The van der Waals surface area contributed by atoms with Gasteiger partial charge in [-0.3, -0.25) is 0 Å². The van der Waals surface area contributed by atoms with E-state index < -0.39 is 0 Å². The van der Waals surface area contributed by atoms with Crippen LogP contribution in [0.15, 0.2) is 36.4 Å². The average Bonchev–Trinajstić information content (AvgIpc) is 2.72. The lowest BCUT2D eigenvalue weighted by Gasteiger charge is -2.14. The van der Waals surface area contributed by atoms with Crippen LogP contribution >= 0.6 is 47.6 Å². The van der Waals surface area contributed by atoms with Gasteiger partial charge in [0.2, 0.25) is 0 Å². The fraction of sp³-hybridized carbons (Fsp3) is 0.333. The minimum absolute atomic E-state index is 0.496. The van der Waals surface area contributed by atoms with Crippen molar-refractivity contribution < 1.29 is 9.47 Å². The van der Waals surface area contributed by atoms with Crippen molar-refractivity contribution in [2.24, 2.45) is 0 Å². The monoisotopic (exact) mass is 500 g/mol. The minimum Gasteiger partial charge on any atom is -0.383 e. The van der Waals surface area contributed by atoms with E-state index in [4.69, 9.17) is 57.1 Å². The van der Waals surface area contributed by atoms with E-state index in [2.05, 4.69) is 21.3 Å². The molecule has 0 bridgehead atoms. The Hall–Kier alpha value is -1.68. The molecule has 0 atom stereocenters. The first-order chi connectivity index (χ1) is 14.9. The lowest BCUT2D eigenvalue weighted by molar-refractivity contribution is 0.204. The largest absolute Gasteiger partial charge is 0.383 e. The standard InChI is InChI=1S/C21H26Cl2N4O2S2/c1-28-9-7-24-20(30)26-18-5-3-14(12-16(18)22)11-15-4-6-19(17(23)13-15)27-21(31)25-8-10-29-2/h3-6,12-13H,7-11H2,1-2H3,(H2,24,26,30)(H2,25,27,31). The molecule has 0 spiro atoms. The molecule has 2 aromatic carbocycles. The number of hydrogen-bond donors (Lipinski definition) is 4. The van der Waals surface area contributed by atoms with E-state index in [1.165, 1.54) is 0 Å². The number of rotatable bonds is 10. The van der Waals surface area contributed by atoms with Gasteiger partial charge in [0.1, 0.15) is 0 Å². The Morgan fingerprint density at radius 1 is 0.774 bits per heavy atom. The van der Waals surface area contributed by atoms with Crippen LogP contribution in [0.25, 0.3) is 0 Å². The summed E-state index contributed by atoms with van der Waals surface area (Å²) in [6.07, 6.45) is 0.688. The molecule has 0 unspecified atom stereocenters. The van der Waals surface area contributed by atoms with Crippen molar-refractivity contribution in [2.45, 2.75) is 6.42 Å². The van der Waals surface area contributed by atoms with Crippen LogP contribution in [0, 0.1) is 0 Å². The first-order valence-corrected chi connectivity index (χ1v) is 11.1. The molecule has 10 heteroatoms. The lowest BCUT2D eigenvalue weighted by Crippen LogP contribution is -2.31. The summed E-state index contributed by atoms with van der Waals surface area (Å²) in [5.74, 6) is 0. The highest BCUT2D eigenvalue weighted by Gasteiger charge is 2.08. The molecule has 0 heterocycles. The summed E-state index contributed by atoms with van der Waals surface area (Å²) in [5, 5.41) is 14.4. The van der Waals surface area contributed by atoms with Gasteiger partial charge in [-0.1, -0.05) is 35.3 Å². The van der Waals surface area contributed by atoms with Gasteiger partial charge < -0.3 is 30.7 Å². The molecule has 0 fully saturated rings. The maximum Gasteiger partial charge on any atom is 0.170 e. The Morgan fingerprint density at radius 3 is 1.55 bits per heavy atom. The zero-order valence-corrected chi connectivity index (χ0v) is 20.5. The summed E-state index contributed by atoms with van der Waals surface area (Å²) in [6.45, 7) is 2.39. The molecular formula is C21H26Cl2N4O2S2. The number of ether oxygens (including phenoxy) is 2. The van der Waals surface area contributed by atoms with Gasteiger partial charge in [0.25, 0.3) is 0 Å². The molecule has 0 saturated heterocycles. The Kier molecular flexibility index (Phi) is 11.3. The second kappa shape index (κ2) is 13.7. The van der Waals surface area contributed by atoms with Gasteiger partial charge in [-0.15, -0.1) is 0 Å². The Labute approximate surface area is 204 Å². The van der Waals surface area contributed by atoms with Gasteiger partial charge >= 0.3 is 0 Å². The van der Waals surface area contributed by atoms with Crippen molar-refractivity contribution in [3.8, 4) is 0 Å². The number of thiocarbonyl (C=S) groups is 2. The summed E-state index contributed by atoms with van der Waals surface area (Å²) < 4.78 is 9.98. The van der Waals surface area contributed by atoms with Gasteiger partial charge in [0.05, 0.1) is 34.6 Å². The molecule has 4 N–H and O–H groups in total. The van der Waals surface area contributed by atoms with Crippen LogP contribution in [-0.2, 0) is 15.9 Å². The van der Waals surface area contributed by atoms with Gasteiger partial charge in [0, 0.05) is 27.3 Å². The second-order valence-electron chi connectivity index (χ2n) is 6.55.